The average Bonchev–Trinajstić information content (AvgIpc) is 3.47. The topological polar surface area (TPSA) is 109 Å². The SMILES string of the molecule is CCOc1cc(C2C(C(=O)c3sc(-c4ccccc4)nc3C)=C(O)C(=O)N2Cc2cccc(OC)c2)ccc1O. The van der Waals surface area contributed by atoms with E-state index in [1.54, 1.807) is 45.2 Å². The van der Waals surface area contributed by atoms with Crippen molar-refractivity contribution in [3.05, 3.63) is 106 Å². The van der Waals surface area contributed by atoms with Crippen LogP contribution < -0.4 is 9.47 Å². The number of hydrogen-bond donors (Lipinski definition) is 2. The van der Waals surface area contributed by atoms with Crippen molar-refractivity contribution in [3.8, 4) is 27.8 Å². The van der Waals surface area contributed by atoms with Crippen LogP contribution in [0.4, 0.5) is 0 Å². The number of ether oxygens (including phenoxy) is 2. The zero-order valence-electron chi connectivity index (χ0n) is 22.2. The Balaban J connectivity index is 1.60. The molecule has 1 amide bonds. The third-order valence-electron chi connectivity index (χ3n) is 6.66. The number of carbonyl (C=O) groups excluding carboxylic acids is 2. The third-order valence-corrected chi connectivity index (χ3v) is 7.86. The van der Waals surface area contributed by atoms with Crippen LogP contribution in [0.5, 0.6) is 17.2 Å². The summed E-state index contributed by atoms with van der Waals surface area (Å²) < 4.78 is 10.9. The molecule has 204 valence electrons. The summed E-state index contributed by atoms with van der Waals surface area (Å²) in [6.07, 6.45) is 0. The number of thiazole rings is 1. The lowest BCUT2D eigenvalue weighted by Crippen LogP contribution is -2.30. The molecule has 0 radical (unpaired) electrons. The molecule has 1 aromatic heterocycles. The summed E-state index contributed by atoms with van der Waals surface area (Å²) in [5, 5.41) is 22.1. The molecule has 1 aliphatic rings. The number of aliphatic hydroxyl groups is 1. The number of aromatic nitrogens is 1. The second kappa shape index (κ2) is 11.2. The van der Waals surface area contributed by atoms with E-state index in [1.807, 2.05) is 42.5 Å². The molecule has 0 saturated carbocycles. The summed E-state index contributed by atoms with van der Waals surface area (Å²) in [4.78, 5) is 34.0. The first-order valence-corrected chi connectivity index (χ1v) is 13.5. The van der Waals surface area contributed by atoms with Crippen molar-refractivity contribution in [2.75, 3.05) is 13.7 Å². The highest BCUT2D eigenvalue weighted by atomic mass is 32.1. The number of phenols is 1. The Morgan fingerprint density at radius 3 is 2.55 bits per heavy atom. The maximum Gasteiger partial charge on any atom is 0.290 e. The number of nitrogens with zero attached hydrogens (tertiary/aromatic N) is 2. The molecule has 9 heteroatoms. The van der Waals surface area contributed by atoms with E-state index in [9.17, 15) is 19.8 Å². The van der Waals surface area contributed by atoms with Crippen LogP contribution in [0.15, 0.2) is 84.1 Å². The van der Waals surface area contributed by atoms with Gasteiger partial charge in [0.2, 0.25) is 5.78 Å². The number of amides is 1. The number of aromatic hydroxyl groups is 1. The third kappa shape index (κ3) is 5.03. The van der Waals surface area contributed by atoms with Crippen molar-refractivity contribution in [2.24, 2.45) is 0 Å². The normalized spacial score (nSPS) is 15.0. The fourth-order valence-corrected chi connectivity index (χ4v) is 5.79. The Hall–Kier alpha value is -4.63. The van der Waals surface area contributed by atoms with E-state index in [-0.39, 0.29) is 23.6 Å². The number of methoxy groups -OCH3 is 1. The van der Waals surface area contributed by atoms with Gasteiger partial charge in [0.25, 0.3) is 5.91 Å². The number of carbonyl (C=O) groups is 2. The van der Waals surface area contributed by atoms with Crippen molar-refractivity contribution < 1.29 is 29.3 Å². The van der Waals surface area contributed by atoms with Crippen molar-refractivity contribution in [2.45, 2.75) is 26.4 Å². The molecule has 2 heterocycles. The van der Waals surface area contributed by atoms with Crippen molar-refractivity contribution in [3.63, 3.8) is 0 Å². The Morgan fingerprint density at radius 2 is 1.82 bits per heavy atom. The first-order chi connectivity index (χ1) is 19.3. The van der Waals surface area contributed by atoms with Gasteiger partial charge >= 0.3 is 0 Å². The van der Waals surface area contributed by atoms with Gasteiger partial charge in [-0.2, -0.15) is 0 Å². The number of benzene rings is 3. The predicted molar refractivity (Wildman–Crippen MR) is 152 cm³/mol. The number of aryl methyl sites for hydroxylation is 1. The monoisotopic (exact) mass is 556 g/mol. The second-order valence-electron chi connectivity index (χ2n) is 9.24. The summed E-state index contributed by atoms with van der Waals surface area (Å²) in [7, 11) is 1.56. The highest BCUT2D eigenvalue weighted by molar-refractivity contribution is 7.17. The van der Waals surface area contributed by atoms with Gasteiger partial charge in [0.1, 0.15) is 10.8 Å². The van der Waals surface area contributed by atoms with E-state index in [1.165, 1.54) is 22.3 Å². The van der Waals surface area contributed by atoms with Gasteiger partial charge in [-0.15, -0.1) is 11.3 Å². The van der Waals surface area contributed by atoms with Gasteiger partial charge in [0.15, 0.2) is 17.3 Å². The van der Waals surface area contributed by atoms with Gasteiger partial charge in [-0.1, -0.05) is 48.5 Å². The Morgan fingerprint density at radius 1 is 1.05 bits per heavy atom. The van der Waals surface area contributed by atoms with Gasteiger partial charge in [-0.3, -0.25) is 9.59 Å². The molecule has 0 spiro atoms. The van der Waals surface area contributed by atoms with Crippen LogP contribution in [0.3, 0.4) is 0 Å². The van der Waals surface area contributed by atoms with Crippen LogP contribution in [0.2, 0.25) is 0 Å². The Kier molecular flexibility index (Phi) is 7.57. The number of ketones is 1. The number of aliphatic hydroxyl groups excluding tert-OH is 1. The molecule has 4 aromatic rings. The van der Waals surface area contributed by atoms with Crippen LogP contribution in [0.25, 0.3) is 10.6 Å². The Labute approximate surface area is 235 Å². The van der Waals surface area contributed by atoms with E-state index in [4.69, 9.17) is 9.47 Å². The number of phenolic OH excluding ortho intramolecular Hbond substituents is 1. The Bertz CT molecular complexity index is 1610. The summed E-state index contributed by atoms with van der Waals surface area (Å²) in [6.45, 7) is 3.94. The molecule has 40 heavy (non-hydrogen) atoms. The van der Waals surface area contributed by atoms with Crippen LogP contribution in [0.1, 0.15) is 39.5 Å². The zero-order chi connectivity index (χ0) is 28.4. The van der Waals surface area contributed by atoms with E-state index >= 15 is 0 Å². The summed E-state index contributed by atoms with van der Waals surface area (Å²) >= 11 is 1.21. The van der Waals surface area contributed by atoms with Gasteiger partial charge in [-0.05, 0) is 49.2 Å². The van der Waals surface area contributed by atoms with Crippen LogP contribution in [0, 0.1) is 6.92 Å². The number of hydrogen-bond acceptors (Lipinski definition) is 8. The molecular weight excluding hydrogens is 528 g/mol. The van der Waals surface area contributed by atoms with Crippen molar-refractivity contribution in [1.82, 2.24) is 9.88 Å². The highest BCUT2D eigenvalue weighted by Gasteiger charge is 2.45. The van der Waals surface area contributed by atoms with Crippen molar-refractivity contribution >= 4 is 23.0 Å². The molecule has 1 unspecified atom stereocenters. The molecule has 5 rings (SSSR count). The summed E-state index contributed by atoms with van der Waals surface area (Å²) in [6, 6.07) is 20.5. The fourth-order valence-electron chi connectivity index (χ4n) is 4.77. The molecule has 0 aliphatic carbocycles. The molecular formula is C31H28N2O6S. The molecule has 0 fully saturated rings. The van der Waals surface area contributed by atoms with Gasteiger partial charge in [-0.25, -0.2) is 4.98 Å². The van der Waals surface area contributed by atoms with E-state index < -0.39 is 23.5 Å². The quantitative estimate of drug-likeness (QED) is 0.243. The lowest BCUT2D eigenvalue weighted by atomic mass is 9.94. The molecule has 0 saturated heterocycles. The predicted octanol–water partition coefficient (Wildman–Crippen LogP) is 6.01. The first kappa shape index (κ1) is 27.0. The molecule has 2 N–H and O–H groups in total. The maximum atomic E-state index is 14.1. The lowest BCUT2D eigenvalue weighted by Gasteiger charge is -2.27. The van der Waals surface area contributed by atoms with E-state index in [0.717, 1.165) is 11.1 Å². The minimum absolute atomic E-state index is 0.0487. The van der Waals surface area contributed by atoms with E-state index in [0.29, 0.717) is 33.5 Å². The van der Waals surface area contributed by atoms with Crippen LogP contribution in [-0.4, -0.2) is 45.5 Å². The largest absolute Gasteiger partial charge is 0.504 e. The summed E-state index contributed by atoms with van der Waals surface area (Å²) in [5.74, 6) is -1.00. The van der Waals surface area contributed by atoms with Gasteiger partial charge in [0.05, 0.1) is 35.9 Å². The number of rotatable bonds is 9. The molecule has 1 aliphatic heterocycles. The second-order valence-corrected chi connectivity index (χ2v) is 10.2. The zero-order valence-corrected chi connectivity index (χ0v) is 23.1. The van der Waals surface area contributed by atoms with Crippen LogP contribution >= 0.6 is 11.3 Å². The molecule has 0 bridgehead atoms. The molecule has 8 nitrogen and oxygen atoms in total. The molecule has 3 aromatic carbocycles. The average molecular weight is 557 g/mol. The molecule has 1 atom stereocenters. The van der Waals surface area contributed by atoms with Gasteiger partial charge in [0, 0.05) is 12.1 Å². The van der Waals surface area contributed by atoms with Crippen molar-refractivity contribution in [1.29, 1.82) is 0 Å². The fraction of sp³-hybridized carbons (Fsp3) is 0.194. The highest BCUT2D eigenvalue weighted by Crippen LogP contribution is 2.43. The lowest BCUT2D eigenvalue weighted by molar-refractivity contribution is -0.130. The van der Waals surface area contributed by atoms with E-state index in [2.05, 4.69) is 4.98 Å². The smallest absolute Gasteiger partial charge is 0.290 e. The minimum Gasteiger partial charge on any atom is -0.504 e. The van der Waals surface area contributed by atoms with Gasteiger partial charge < -0.3 is 24.6 Å². The summed E-state index contributed by atoms with van der Waals surface area (Å²) in [5.41, 5.74) is 2.59. The minimum atomic E-state index is -0.937. The maximum absolute atomic E-state index is 14.1. The van der Waals surface area contributed by atoms with Crippen LogP contribution in [-0.2, 0) is 11.3 Å². The number of Topliss-reactive ketones (excluding diaryl/α,β-unsaturated/α-hetero) is 1. The first-order valence-electron chi connectivity index (χ1n) is 12.7. The standard InChI is InChI=1S/C31H28N2O6S/c1-4-39-24-16-21(13-14-23(24)34)26-25(27(35)29-18(2)32-30(40-29)20-10-6-5-7-11-20)28(36)31(37)33(26)17-19-9-8-12-22(15-19)38-3/h5-16,26,34,36H,4,17H2,1-3H3.